The molecule has 3 aromatic rings. The standard InChI is InChI=1S/C20H18F3N3O3S/c21-18-7-13(12-30(28,29)16-3-4-16)1-5-17(18)14-8-24-26(9-14)15-2-6-20(27)25(10-15)11-19(22)23/h1-2,5-10,16,19H,3-4,11-12H2. The number of nitrogens with zero attached hydrogens (tertiary/aromatic N) is 3. The molecule has 10 heteroatoms. The average Bonchev–Trinajstić information content (AvgIpc) is 3.43. The monoisotopic (exact) mass is 437 g/mol. The molecular formula is C20H18F3N3O3S. The van der Waals surface area contributed by atoms with Crippen molar-refractivity contribution in [1.82, 2.24) is 14.3 Å². The molecule has 0 saturated heterocycles. The van der Waals surface area contributed by atoms with Gasteiger partial charge in [0, 0.05) is 29.6 Å². The van der Waals surface area contributed by atoms with Crippen LogP contribution in [-0.2, 0) is 22.1 Å². The zero-order valence-corrected chi connectivity index (χ0v) is 16.5. The smallest absolute Gasteiger partial charge is 0.256 e. The first-order valence-electron chi connectivity index (χ1n) is 9.27. The summed E-state index contributed by atoms with van der Waals surface area (Å²) >= 11 is 0. The number of pyridine rings is 1. The summed E-state index contributed by atoms with van der Waals surface area (Å²) in [4.78, 5) is 11.7. The van der Waals surface area contributed by atoms with Crippen molar-refractivity contribution < 1.29 is 21.6 Å². The van der Waals surface area contributed by atoms with Crippen LogP contribution in [0.25, 0.3) is 16.8 Å². The lowest BCUT2D eigenvalue weighted by atomic mass is 10.1. The van der Waals surface area contributed by atoms with Crippen LogP contribution in [0.15, 0.2) is 53.7 Å². The quantitative estimate of drug-likeness (QED) is 0.569. The van der Waals surface area contributed by atoms with E-state index in [0.717, 1.165) is 10.6 Å². The van der Waals surface area contributed by atoms with Gasteiger partial charge >= 0.3 is 0 Å². The highest BCUT2D eigenvalue weighted by Crippen LogP contribution is 2.32. The molecule has 0 spiro atoms. The number of hydrogen-bond acceptors (Lipinski definition) is 4. The number of halogens is 3. The predicted molar refractivity (Wildman–Crippen MR) is 105 cm³/mol. The van der Waals surface area contributed by atoms with E-state index in [1.54, 1.807) is 6.07 Å². The second-order valence-corrected chi connectivity index (χ2v) is 9.54. The average molecular weight is 437 g/mol. The fraction of sp³-hybridized carbons (Fsp3) is 0.300. The lowest BCUT2D eigenvalue weighted by molar-refractivity contribution is 0.125. The van der Waals surface area contributed by atoms with E-state index in [-0.39, 0.29) is 16.6 Å². The van der Waals surface area contributed by atoms with Gasteiger partial charge in [-0.05, 0) is 30.5 Å². The third-order valence-corrected chi connectivity index (χ3v) is 7.12. The van der Waals surface area contributed by atoms with Crippen LogP contribution in [0, 0.1) is 5.82 Å². The van der Waals surface area contributed by atoms with Crippen molar-refractivity contribution in [3.63, 3.8) is 0 Å². The molecule has 1 aliphatic rings. The zero-order valence-electron chi connectivity index (χ0n) is 15.7. The van der Waals surface area contributed by atoms with Crippen molar-refractivity contribution in [3.05, 3.63) is 70.7 Å². The predicted octanol–water partition coefficient (Wildman–Crippen LogP) is 3.18. The Balaban J connectivity index is 1.59. The highest BCUT2D eigenvalue weighted by atomic mass is 32.2. The van der Waals surface area contributed by atoms with Crippen LogP contribution >= 0.6 is 0 Å². The van der Waals surface area contributed by atoms with E-state index in [2.05, 4.69) is 5.10 Å². The van der Waals surface area contributed by atoms with Gasteiger partial charge in [0.15, 0.2) is 9.84 Å². The molecule has 1 aliphatic carbocycles. The van der Waals surface area contributed by atoms with E-state index < -0.39 is 34.2 Å². The number of hydrogen-bond donors (Lipinski definition) is 0. The van der Waals surface area contributed by atoms with E-state index in [9.17, 15) is 26.4 Å². The molecular weight excluding hydrogens is 419 g/mol. The van der Waals surface area contributed by atoms with Gasteiger partial charge in [0.1, 0.15) is 5.82 Å². The first-order valence-corrected chi connectivity index (χ1v) is 11.0. The number of rotatable bonds is 7. The molecule has 2 aromatic heterocycles. The Labute approximate surface area is 170 Å². The maximum atomic E-state index is 14.6. The van der Waals surface area contributed by atoms with Gasteiger partial charge in [0.25, 0.3) is 12.0 Å². The van der Waals surface area contributed by atoms with E-state index in [1.165, 1.54) is 41.5 Å². The third-order valence-electron chi connectivity index (χ3n) is 4.89. The third kappa shape index (κ3) is 4.33. The molecule has 158 valence electrons. The Hall–Kier alpha value is -2.88. The number of aromatic nitrogens is 3. The Morgan fingerprint density at radius 3 is 2.57 bits per heavy atom. The van der Waals surface area contributed by atoms with Crippen LogP contribution in [0.4, 0.5) is 13.2 Å². The van der Waals surface area contributed by atoms with E-state index in [1.807, 2.05) is 0 Å². The van der Waals surface area contributed by atoms with Crippen LogP contribution in [0.3, 0.4) is 0 Å². The lowest BCUT2D eigenvalue weighted by Crippen LogP contribution is -2.22. The van der Waals surface area contributed by atoms with Gasteiger partial charge in [0.05, 0.1) is 29.4 Å². The highest BCUT2D eigenvalue weighted by Gasteiger charge is 2.35. The van der Waals surface area contributed by atoms with Crippen molar-refractivity contribution in [1.29, 1.82) is 0 Å². The molecule has 0 unspecified atom stereocenters. The number of sulfone groups is 1. The summed E-state index contributed by atoms with van der Waals surface area (Å²) in [6.45, 7) is -0.735. The molecule has 4 rings (SSSR count). The number of alkyl halides is 2. The first kappa shape index (κ1) is 20.4. The Morgan fingerprint density at radius 2 is 1.90 bits per heavy atom. The lowest BCUT2D eigenvalue weighted by Gasteiger charge is -2.08. The molecule has 0 bridgehead atoms. The molecule has 2 heterocycles. The highest BCUT2D eigenvalue weighted by molar-refractivity contribution is 7.91. The summed E-state index contributed by atoms with van der Waals surface area (Å²) in [5, 5.41) is 3.81. The maximum absolute atomic E-state index is 14.6. The summed E-state index contributed by atoms with van der Waals surface area (Å²) in [5.74, 6) is -0.777. The number of benzene rings is 1. The van der Waals surface area contributed by atoms with Crippen LogP contribution in [-0.4, -0.2) is 34.4 Å². The SMILES string of the molecule is O=c1ccc(-n2cc(-c3ccc(CS(=O)(=O)C4CC4)cc3F)cn2)cn1CC(F)F. The van der Waals surface area contributed by atoms with Gasteiger partial charge in [0.2, 0.25) is 0 Å². The van der Waals surface area contributed by atoms with Crippen molar-refractivity contribution in [2.45, 2.75) is 36.8 Å². The first-order chi connectivity index (χ1) is 14.2. The van der Waals surface area contributed by atoms with Gasteiger partial charge in [-0.3, -0.25) is 4.79 Å². The van der Waals surface area contributed by atoms with Crippen molar-refractivity contribution in [3.8, 4) is 16.8 Å². The van der Waals surface area contributed by atoms with E-state index in [4.69, 9.17) is 0 Å². The van der Waals surface area contributed by atoms with Crippen molar-refractivity contribution >= 4 is 9.84 Å². The fourth-order valence-corrected chi connectivity index (χ4v) is 4.94. The molecule has 0 atom stereocenters. The Bertz CT molecular complexity index is 1250. The van der Waals surface area contributed by atoms with Crippen molar-refractivity contribution in [2.24, 2.45) is 0 Å². The molecule has 6 nitrogen and oxygen atoms in total. The molecule has 0 N–H and O–H groups in total. The summed E-state index contributed by atoms with van der Waals surface area (Å²) in [6, 6.07) is 6.86. The Morgan fingerprint density at radius 1 is 1.13 bits per heavy atom. The normalized spacial score (nSPS) is 14.4. The minimum atomic E-state index is -3.25. The summed E-state index contributed by atoms with van der Waals surface area (Å²) in [7, 11) is -3.25. The van der Waals surface area contributed by atoms with Crippen LogP contribution < -0.4 is 5.56 Å². The topological polar surface area (TPSA) is 74.0 Å². The van der Waals surface area contributed by atoms with Gasteiger partial charge in [-0.15, -0.1) is 0 Å². The van der Waals surface area contributed by atoms with Gasteiger partial charge in [-0.25, -0.2) is 26.3 Å². The minimum Gasteiger partial charge on any atom is -0.308 e. The van der Waals surface area contributed by atoms with Crippen LogP contribution in [0.1, 0.15) is 18.4 Å². The second-order valence-electron chi connectivity index (χ2n) is 7.26. The fourth-order valence-electron chi connectivity index (χ4n) is 3.21. The van der Waals surface area contributed by atoms with Gasteiger partial charge in [-0.2, -0.15) is 5.10 Å². The Kier molecular flexibility index (Phi) is 5.27. The molecule has 0 aliphatic heterocycles. The van der Waals surface area contributed by atoms with Gasteiger partial charge < -0.3 is 4.57 Å². The minimum absolute atomic E-state index is 0.195. The van der Waals surface area contributed by atoms with Gasteiger partial charge in [-0.1, -0.05) is 12.1 Å². The molecule has 1 aromatic carbocycles. The molecule has 0 amide bonds. The van der Waals surface area contributed by atoms with Crippen LogP contribution in [0.5, 0.6) is 0 Å². The summed E-state index contributed by atoms with van der Waals surface area (Å²) < 4.78 is 66.3. The molecule has 0 radical (unpaired) electrons. The van der Waals surface area contributed by atoms with E-state index in [0.29, 0.717) is 29.7 Å². The molecule has 30 heavy (non-hydrogen) atoms. The van der Waals surface area contributed by atoms with E-state index >= 15 is 0 Å². The molecule has 1 fully saturated rings. The van der Waals surface area contributed by atoms with Crippen LogP contribution in [0.2, 0.25) is 0 Å². The second kappa shape index (κ2) is 7.75. The van der Waals surface area contributed by atoms with Crippen molar-refractivity contribution in [2.75, 3.05) is 0 Å². The largest absolute Gasteiger partial charge is 0.308 e. The maximum Gasteiger partial charge on any atom is 0.256 e. The summed E-state index contributed by atoms with van der Waals surface area (Å²) in [5.41, 5.74) is 0.850. The molecule has 1 saturated carbocycles. The summed E-state index contributed by atoms with van der Waals surface area (Å²) in [6.07, 6.45) is 2.81. The zero-order chi connectivity index (χ0) is 21.5.